The van der Waals surface area contributed by atoms with Crippen molar-refractivity contribution in [2.75, 3.05) is 11.5 Å². The molecule has 0 saturated carbocycles. The molecule has 0 saturated heterocycles. The van der Waals surface area contributed by atoms with Gasteiger partial charge in [-0.25, -0.2) is 4.79 Å². The maximum Gasteiger partial charge on any atom is 0.341 e. The van der Waals surface area contributed by atoms with E-state index in [2.05, 4.69) is 5.32 Å². The van der Waals surface area contributed by atoms with Crippen LogP contribution in [-0.2, 0) is 16.0 Å². The topological polar surface area (TPSA) is 95.9 Å². The van der Waals surface area contributed by atoms with Gasteiger partial charge in [0.15, 0.2) is 6.61 Å². The standard InChI is InChI=1S/C28H28N2O5/c1-19-17-24(29-26(31)16-11-20-7-3-2-4-8-20)23-9-5-6-10-25(23)30(19)28(34)21-12-14-22(15-13-21)35-18-27(32)33/h2-10,12-15,19,24H,11,16-18H2,1H3,(H,29,31)(H,32,33). The lowest BCUT2D eigenvalue weighted by Crippen LogP contribution is -2.46. The fraction of sp³-hybridized carbons (Fsp3) is 0.250. The number of carbonyl (C=O) groups is 3. The fourth-order valence-corrected chi connectivity index (χ4v) is 4.41. The van der Waals surface area contributed by atoms with Crippen molar-refractivity contribution in [1.29, 1.82) is 0 Å². The van der Waals surface area contributed by atoms with Gasteiger partial charge in [0.1, 0.15) is 5.75 Å². The highest BCUT2D eigenvalue weighted by Gasteiger charge is 2.34. The van der Waals surface area contributed by atoms with E-state index in [9.17, 15) is 14.4 Å². The number of fused-ring (bicyclic) bond motifs is 1. The third kappa shape index (κ3) is 5.87. The lowest BCUT2D eigenvalue weighted by molar-refractivity contribution is -0.139. The molecular weight excluding hydrogens is 444 g/mol. The van der Waals surface area contributed by atoms with E-state index in [0.717, 1.165) is 16.8 Å². The molecule has 2 amide bonds. The van der Waals surface area contributed by atoms with Crippen molar-refractivity contribution in [3.63, 3.8) is 0 Å². The molecule has 1 aliphatic rings. The van der Waals surface area contributed by atoms with Crippen LogP contribution in [0, 0.1) is 0 Å². The highest BCUT2D eigenvalue weighted by Crippen LogP contribution is 2.38. The van der Waals surface area contributed by atoms with E-state index in [1.165, 1.54) is 0 Å². The van der Waals surface area contributed by atoms with Gasteiger partial charge in [0.25, 0.3) is 5.91 Å². The number of rotatable bonds is 8. The predicted molar refractivity (Wildman–Crippen MR) is 133 cm³/mol. The number of ether oxygens (including phenoxy) is 1. The molecule has 2 unspecified atom stereocenters. The Balaban J connectivity index is 1.47. The maximum atomic E-state index is 13.4. The first-order chi connectivity index (χ1) is 16.9. The Hall–Kier alpha value is -4.13. The van der Waals surface area contributed by atoms with Crippen molar-refractivity contribution in [2.24, 2.45) is 0 Å². The molecule has 0 aromatic heterocycles. The summed E-state index contributed by atoms with van der Waals surface area (Å²) >= 11 is 0. The van der Waals surface area contributed by atoms with Crippen LogP contribution in [0.25, 0.3) is 0 Å². The molecule has 2 atom stereocenters. The smallest absolute Gasteiger partial charge is 0.341 e. The molecule has 0 fully saturated rings. The van der Waals surface area contributed by atoms with E-state index in [-0.39, 0.29) is 23.9 Å². The summed E-state index contributed by atoms with van der Waals surface area (Å²) in [5.41, 5.74) is 3.28. The lowest BCUT2D eigenvalue weighted by Gasteiger charge is -2.39. The summed E-state index contributed by atoms with van der Waals surface area (Å²) in [7, 11) is 0. The van der Waals surface area contributed by atoms with Crippen molar-refractivity contribution in [1.82, 2.24) is 5.32 Å². The van der Waals surface area contributed by atoms with Crippen LogP contribution in [0.5, 0.6) is 5.75 Å². The molecule has 1 heterocycles. The Morgan fingerprint density at radius 2 is 1.66 bits per heavy atom. The SMILES string of the molecule is CC1CC(NC(=O)CCc2ccccc2)c2ccccc2N1C(=O)c1ccc(OCC(=O)O)cc1. The minimum atomic E-state index is -1.06. The van der Waals surface area contributed by atoms with Gasteiger partial charge in [-0.05, 0) is 61.2 Å². The summed E-state index contributed by atoms with van der Waals surface area (Å²) in [4.78, 5) is 38.6. The third-order valence-electron chi connectivity index (χ3n) is 6.09. The summed E-state index contributed by atoms with van der Waals surface area (Å²) < 4.78 is 5.16. The maximum absolute atomic E-state index is 13.4. The number of carboxylic acid groups (broad SMARTS) is 1. The zero-order chi connectivity index (χ0) is 24.8. The number of nitrogens with one attached hydrogen (secondary N) is 1. The number of aliphatic carboxylic acids is 1. The normalized spacial score (nSPS) is 16.8. The molecule has 35 heavy (non-hydrogen) atoms. The molecule has 0 radical (unpaired) electrons. The number of anilines is 1. The van der Waals surface area contributed by atoms with Crippen molar-refractivity contribution in [2.45, 2.75) is 38.3 Å². The summed E-state index contributed by atoms with van der Waals surface area (Å²) in [6.07, 6.45) is 1.67. The number of hydrogen-bond acceptors (Lipinski definition) is 4. The Morgan fingerprint density at radius 3 is 2.37 bits per heavy atom. The number of benzene rings is 3. The lowest BCUT2D eigenvalue weighted by atomic mass is 9.90. The molecule has 3 aromatic rings. The largest absolute Gasteiger partial charge is 0.482 e. The molecule has 0 bridgehead atoms. The summed E-state index contributed by atoms with van der Waals surface area (Å²) in [5, 5.41) is 11.9. The summed E-state index contributed by atoms with van der Waals surface area (Å²) in [6, 6.07) is 23.7. The van der Waals surface area contributed by atoms with Crippen LogP contribution in [0.1, 0.15) is 47.3 Å². The van der Waals surface area contributed by atoms with Crippen LogP contribution >= 0.6 is 0 Å². The molecule has 7 heteroatoms. The van der Waals surface area contributed by atoms with E-state index in [4.69, 9.17) is 9.84 Å². The van der Waals surface area contributed by atoms with Crippen LogP contribution in [0.4, 0.5) is 5.69 Å². The number of para-hydroxylation sites is 1. The Morgan fingerprint density at radius 1 is 0.971 bits per heavy atom. The van der Waals surface area contributed by atoms with Crippen LogP contribution in [0.2, 0.25) is 0 Å². The number of aryl methyl sites for hydroxylation is 1. The van der Waals surface area contributed by atoms with Crippen molar-refractivity contribution in [3.8, 4) is 5.75 Å². The molecule has 3 aromatic carbocycles. The van der Waals surface area contributed by atoms with Crippen molar-refractivity contribution < 1.29 is 24.2 Å². The van der Waals surface area contributed by atoms with E-state index >= 15 is 0 Å². The van der Waals surface area contributed by atoms with Gasteiger partial charge < -0.3 is 20.1 Å². The van der Waals surface area contributed by atoms with E-state index < -0.39 is 12.6 Å². The second-order valence-corrected chi connectivity index (χ2v) is 8.63. The van der Waals surface area contributed by atoms with Crippen molar-refractivity contribution >= 4 is 23.5 Å². The van der Waals surface area contributed by atoms with Crippen molar-refractivity contribution in [3.05, 3.63) is 95.6 Å². The summed E-state index contributed by atoms with van der Waals surface area (Å²) in [6.45, 7) is 1.53. The number of carboxylic acids is 1. The second kappa shape index (κ2) is 10.9. The zero-order valence-electron chi connectivity index (χ0n) is 19.5. The molecular formula is C28H28N2O5. The van der Waals surface area contributed by atoms with Crippen LogP contribution in [0.3, 0.4) is 0 Å². The Bertz CT molecular complexity index is 1190. The van der Waals surface area contributed by atoms with Gasteiger partial charge in [-0.2, -0.15) is 0 Å². The summed E-state index contributed by atoms with van der Waals surface area (Å²) in [5.74, 6) is -0.860. The van der Waals surface area contributed by atoms with Gasteiger partial charge in [0, 0.05) is 23.7 Å². The number of carbonyl (C=O) groups excluding carboxylic acids is 2. The predicted octanol–water partition coefficient (Wildman–Crippen LogP) is 4.38. The fourth-order valence-electron chi connectivity index (χ4n) is 4.41. The highest BCUT2D eigenvalue weighted by atomic mass is 16.5. The molecule has 0 spiro atoms. The first-order valence-corrected chi connectivity index (χ1v) is 11.6. The van der Waals surface area contributed by atoms with Crippen LogP contribution < -0.4 is 15.0 Å². The molecule has 7 nitrogen and oxygen atoms in total. The monoisotopic (exact) mass is 472 g/mol. The average molecular weight is 473 g/mol. The molecule has 2 N–H and O–H groups in total. The first kappa shape index (κ1) is 24.0. The number of amides is 2. The van der Waals surface area contributed by atoms with E-state index in [1.54, 1.807) is 29.2 Å². The zero-order valence-corrected chi connectivity index (χ0v) is 19.5. The third-order valence-corrected chi connectivity index (χ3v) is 6.09. The Labute approximate surface area is 204 Å². The van der Waals surface area contributed by atoms with Gasteiger partial charge >= 0.3 is 5.97 Å². The quantitative estimate of drug-likeness (QED) is 0.507. The minimum absolute atomic E-state index is 0.0161. The molecule has 180 valence electrons. The highest BCUT2D eigenvalue weighted by molar-refractivity contribution is 6.07. The number of nitrogens with zero attached hydrogens (tertiary/aromatic N) is 1. The van der Waals surface area contributed by atoms with Gasteiger partial charge in [-0.3, -0.25) is 9.59 Å². The minimum Gasteiger partial charge on any atom is -0.482 e. The van der Waals surface area contributed by atoms with E-state index in [0.29, 0.717) is 30.6 Å². The van der Waals surface area contributed by atoms with Gasteiger partial charge in [0.05, 0.1) is 6.04 Å². The van der Waals surface area contributed by atoms with Gasteiger partial charge in [-0.15, -0.1) is 0 Å². The second-order valence-electron chi connectivity index (χ2n) is 8.63. The van der Waals surface area contributed by atoms with Gasteiger partial charge in [0.2, 0.25) is 5.91 Å². The van der Waals surface area contributed by atoms with Gasteiger partial charge in [-0.1, -0.05) is 48.5 Å². The molecule has 1 aliphatic heterocycles. The average Bonchev–Trinajstić information content (AvgIpc) is 2.87. The van der Waals surface area contributed by atoms with Crippen LogP contribution in [0.15, 0.2) is 78.9 Å². The van der Waals surface area contributed by atoms with E-state index in [1.807, 2.05) is 61.5 Å². The molecule has 4 rings (SSSR count). The molecule has 0 aliphatic carbocycles. The Kier molecular flexibility index (Phi) is 7.45. The number of hydrogen-bond donors (Lipinski definition) is 2. The van der Waals surface area contributed by atoms with Crippen LogP contribution in [-0.4, -0.2) is 35.5 Å². The first-order valence-electron chi connectivity index (χ1n) is 11.6.